The van der Waals surface area contributed by atoms with Crippen molar-refractivity contribution in [3.8, 4) is 0 Å². The average molecular weight is 401 g/mol. The van der Waals surface area contributed by atoms with Gasteiger partial charge in [0.15, 0.2) is 0 Å². The lowest BCUT2D eigenvalue weighted by molar-refractivity contribution is -0.131. The second-order valence-corrected chi connectivity index (χ2v) is 10.2. The number of carbonyl (C=O) groups is 1. The second kappa shape index (κ2) is 7.88. The molecule has 6 heteroatoms. The van der Waals surface area contributed by atoms with Crippen LogP contribution < -0.4 is 0 Å². The van der Waals surface area contributed by atoms with Crippen LogP contribution in [0.1, 0.15) is 46.5 Å². The van der Waals surface area contributed by atoms with Gasteiger partial charge in [0, 0.05) is 50.5 Å². The third kappa shape index (κ3) is 4.02. The van der Waals surface area contributed by atoms with Crippen LogP contribution in [0.3, 0.4) is 0 Å². The Morgan fingerprint density at radius 2 is 2.14 bits per heavy atom. The van der Waals surface area contributed by atoms with E-state index in [1.165, 1.54) is 19.3 Å². The second-order valence-electron chi connectivity index (χ2n) is 10.2. The molecule has 1 aromatic heterocycles. The molecule has 3 heterocycles. The first-order valence-electron chi connectivity index (χ1n) is 11.1. The van der Waals surface area contributed by atoms with Crippen molar-refractivity contribution in [3.63, 3.8) is 0 Å². The summed E-state index contributed by atoms with van der Waals surface area (Å²) in [6, 6.07) is 0. The molecule has 0 bridgehead atoms. The van der Waals surface area contributed by atoms with Gasteiger partial charge in [0.1, 0.15) is 6.54 Å². The lowest BCUT2D eigenvalue weighted by Gasteiger charge is -2.36. The van der Waals surface area contributed by atoms with E-state index in [4.69, 9.17) is 0 Å². The van der Waals surface area contributed by atoms with E-state index in [0.717, 1.165) is 32.6 Å². The maximum absolute atomic E-state index is 12.7. The smallest absolute Gasteiger partial charge is 0.242 e. The molecule has 2 aliphatic heterocycles. The van der Waals surface area contributed by atoms with E-state index in [0.29, 0.717) is 24.4 Å². The number of aliphatic hydroxyl groups is 1. The highest BCUT2D eigenvalue weighted by Crippen LogP contribution is 2.44. The van der Waals surface area contributed by atoms with Gasteiger partial charge >= 0.3 is 0 Å². The minimum Gasteiger partial charge on any atom is -0.396 e. The van der Waals surface area contributed by atoms with Crippen LogP contribution in [0.25, 0.3) is 0 Å². The number of hydrogen-bond acceptors (Lipinski definition) is 4. The number of allylic oxidation sites excluding steroid dienone is 1. The molecule has 0 spiro atoms. The first-order valence-corrected chi connectivity index (χ1v) is 11.1. The van der Waals surface area contributed by atoms with Crippen LogP contribution in [0, 0.1) is 16.7 Å². The molecular weight excluding hydrogens is 364 g/mol. The van der Waals surface area contributed by atoms with Crippen molar-refractivity contribution in [2.24, 2.45) is 16.7 Å². The highest BCUT2D eigenvalue weighted by atomic mass is 16.3. The van der Waals surface area contributed by atoms with Gasteiger partial charge in [-0.1, -0.05) is 25.0 Å². The van der Waals surface area contributed by atoms with Crippen LogP contribution >= 0.6 is 0 Å². The molecule has 160 valence electrons. The molecule has 2 fully saturated rings. The first kappa shape index (κ1) is 20.6. The molecule has 0 saturated carbocycles. The quantitative estimate of drug-likeness (QED) is 0.746. The van der Waals surface area contributed by atoms with E-state index in [2.05, 4.69) is 30.7 Å². The summed E-state index contributed by atoms with van der Waals surface area (Å²) in [5.74, 6) is 0.496. The van der Waals surface area contributed by atoms with E-state index in [1.54, 1.807) is 23.7 Å². The molecule has 1 aliphatic carbocycles. The van der Waals surface area contributed by atoms with Crippen LogP contribution in [0.15, 0.2) is 29.9 Å². The SMILES string of the molecule is CC1=C(CCN2C[C@H]3CN(C(=O)Cn4ccnc4)C[C@@]3(CO)C2)C(C)(C)CCC1. The van der Waals surface area contributed by atoms with Gasteiger partial charge in [0.05, 0.1) is 12.9 Å². The highest BCUT2D eigenvalue weighted by molar-refractivity contribution is 5.76. The van der Waals surface area contributed by atoms with Gasteiger partial charge in [-0.25, -0.2) is 4.98 Å². The molecule has 1 N–H and O–H groups in total. The summed E-state index contributed by atoms with van der Waals surface area (Å²) in [6.07, 6.45) is 10.2. The topological polar surface area (TPSA) is 61.6 Å². The minimum atomic E-state index is -0.157. The maximum atomic E-state index is 12.7. The Hall–Kier alpha value is -1.66. The van der Waals surface area contributed by atoms with Crippen molar-refractivity contribution >= 4 is 5.91 Å². The fourth-order valence-corrected chi connectivity index (χ4v) is 6.01. The number of likely N-dealkylation sites (tertiary alicyclic amines) is 2. The number of fused-ring (bicyclic) bond motifs is 1. The summed E-state index contributed by atoms with van der Waals surface area (Å²) in [4.78, 5) is 21.2. The van der Waals surface area contributed by atoms with Crippen molar-refractivity contribution in [3.05, 3.63) is 29.9 Å². The Morgan fingerprint density at radius 3 is 2.79 bits per heavy atom. The Morgan fingerprint density at radius 1 is 1.31 bits per heavy atom. The molecule has 1 aromatic rings. The number of aliphatic hydroxyl groups excluding tert-OH is 1. The van der Waals surface area contributed by atoms with Gasteiger partial charge in [-0.2, -0.15) is 0 Å². The van der Waals surface area contributed by atoms with Crippen molar-refractivity contribution < 1.29 is 9.90 Å². The normalized spacial score (nSPS) is 29.5. The third-order valence-electron chi connectivity index (χ3n) is 7.74. The van der Waals surface area contributed by atoms with E-state index < -0.39 is 0 Å². The monoisotopic (exact) mass is 400 g/mol. The van der Waals surface area contributed by atoms with Gasteiger partial charge in [-0.3, -0.25) is 4.79 Å². The van der Waals surface area contributed by atoms with E-state index >= 15 is 0 Å². The zero-order valence-electron chi connectivity index (χ0n) is 18.2. The zero-order chi connectivity index (χ0) is 20.6. The number of rotatable bonds is 6. The van der Waals surface area contributed by atoms with Crippen LogP contribution in [0.4, 0.5) is 0 Å². The summed E-state index contributed by atoms with van der Waals surface area (Å²) in [5, 5.41) is 10.3. The van der Waals surface area contributed by atoms with Crippen molar-refractivity contribution in [1.82, 2.24) is 19.4 Å². The van der Waals surface area contributed by atoms with Crippen molar-refractivity contribution in [2.45, 2.75) is 53.0 Å². The Bertz CT molecular complexity index is 770. The summed E-state index contributed by atoms with van der Waals surface area (Å²) in [5.41, 5.74) is 3.41. The number of carbonyl (C=O) groups excluding carboxylic acids is 1. The number of nitrogens with zero attached hydrogens (tertiary/aromatic N) is 4. The lowest BCUT2D eigenvalue weighted by atomic mass is 9.71. The van der Waals surface area contributed by atoms with Crippen molar-refractivity contribution in [1.29, 1.82) is 0 Å². The summed E-state index contributed by atoms with van der Waals surface area (Å²) in [7, 11) is 0. The summed E-state index contributed by atoms with van der Waals surface area (Å²) in [6.45, 7) is 12.0. The molecule has 4 rings (SSSR count). The van der Waals surface area contributed by atoms with Gasteiger partial charge in [-0.05, 0) is 43.9 Å². The van der Waals surface area contributed by atoms with Crippen molar-refractivity contribution in [2.75, 3.05) is 39.3 Å². The number of hydrogen-bond donors (Lipinski definition) is 1. The molecule has 2 atom stereocenters. The predicted molar refractivity (Wildman–Crippen MR) is 113 cm³/mol. The van der Waals surface area contributed by atoms with Gasteiger partial charge in [0.2, 0.25) is 5.91 Å². The molecule has 0 aromatic carbocycles. The first-order chi connectivity index (χ1) is 13.8. The maximum Gasteiger partial charge on any atom is 0.242 e. The van der Waals surface area contributed by atoms with Gasteiger partial charge in [-0.15, -0.1) is 0 Å². The average Bonchev–Trinajstić information content (AvgIpc) is 3.35. The standard InChI is InChI=1S/C23H36N4O2/c1-18-5-4-7-22(2,3)20(18)6-9-25-11-19-12-27(15-23(19,14-25)16-28)21(29)13-26-10-8-24-17-26/h8,10,17,19,28H,4-7,9,11-16H2,1-3H3/t19-,23+/m0/s1. The molecule has 2 saturated heterocycles. The van der Waals surface area contributed by atoms with Crippen LogP contribution in [-0.2, 0) is 11.3 Å². The molecule has 6 nitrogen and oxygen atoms in total. The zero-order valence-corrected chi connectivity index (χ0v) is 18.2. The molecule has 3 aliphatic rings. The van der Waals surface area contributed by atoms with E-state index in [1.807, 2.05) is 15.7 Å². The third-order valence-corrected chi connectivity index (χ3v) is 7.74. The highest BCUT2D eigenvalue weighted by Gasteiger charge is 2.52. The molecular formula is C23H36N4O2. The van der Waals surface area contributed by atoms with Crippen LogP contribution in [0.5, 0.6) is 0 Å². The van der Waals surface area contributed by atoms with Crippen LogP contribution in [0.2, 0.25) is 0 Å². The van der Waals surface area contributed by atoms with Gasteiger partial charge in [0.25, 0.3) is 0 Å². The predicted octanol–water partition coefficient (Wildman–Crippen LogP) is 2.55. The molecule has 0 unspecified atom stereocenters. The fraction of sp³-hybridized carbons (Fsp3) is 0.739. The largest absolute Gasteiger partial charge is 0.396 e. The Balaban J connectivity index is 1.36. The Labute approximate surface area is 174 Å². The fourth-order valence-electron chi connectivity index (χ4n) is 6.01. The summed E-state index contributed by atoms with van der Waals surface area (Å²) < 4.78 is 1.82. The van der Waals surface area contributed by atoms with Gasteiger partial charge < -0.3 is 19.5 Å². The molecule has 0 radical (unpaired) electrons. The number of aromatic nitrogens is 2. The van der Waals surface area contributed by atoms with E-state index in [9.17, 15) is 9.90 Å². The summed E-state index contributed by atoms with van der Waals surface area (Å²) >= 11 is 0. The lowest BCUT2D eigenvalue weighted by Crippen LogP contribution is -2.40. The minimum absolute atomic E-state index is 0.126. The number of amides is 1. The number of imidazole rings is 1. The van der Waals surface area contributed by atoms with E-state index in [-0.39, 0.29) is 17.9 Å². The molecule has 1 amide bonds. The van der Waals surface area contributed by atoms with Crippen LogP contribution in [-0.4, -0.2) is 69.7 Å². The molecule has 29 heavy (non-hydrogen) atoms. The Kier molecular flexibility index (Phi) is 5.60.